The molecule has 5 nitrogen and oxygen atoms in total. The van der Waals surface area contributed by atoms with Gasteiger partial charge in [0.1, 0.15) is 5.75 Å². The predicted octanol–water partition coefficient (Wildman–Crippen LogP) is 1.60. The van der Waals surface area contributed by atoms with E-state index < -0.39 is 0 Å². The molecule has 1 saturated heterocycles. The lowest BCUT2D eigenvalue weighted by atomic mass is 10.2. The van der Waals surface area contributed by atoms with E-state index in [0.717, 1.165) is 36.3 Å². The zero-order valence-electron chi connectivity index (χ0n) is 12.2. The number of ether oxygens (including phenoxy) is 1. The summed E-state index contributed by atoms with van der Waals surface area (Å²) >= 11 is 3.41. The number of hydrogen-bond donors (Lipinski definition) is 1. The van der Waals surface area contributed by atoms with Gasteiger partial charge in [-0.05, 0) is 47.1 Å². The minimum absolute atomic E-state index is 0.0456. The number of rotatable bonds is 4. The molecule has 1 N–H and O–H groups in total. The molecule has 0 bridgehead atoms. The molecule has 1 fully saturated rings. The first-order valence-electron chi connectivity index (χ1n) is 7.11. The molecule has 6 heteroatoms. The number of halogens is 1. The van der Waals surface area contributed by atoms with E-state index in [4.69, 9.17) is 9.84 Å². The Bertz CT molecular complexity index is 496. The quantitative estimate of drug-likeness (QED) is 0.890. The van der Waals surface area contributed by atoms with E-state index in [9.17, 15) is 4.79 Å². The van der Waals surface area contributed by atoms with Crippen molar-refractivity contribution in [3.8, 4) is 5.75 Å². The highest BCUT2D eigenvalue weighted by Gasteiger charge is 2.20. The van der Waals surface area contributed by atoms with E-state index in [-0.39, 0.29) is 12.5 Å². The van der Waals surface area contributed by atoms with Gasteiger partial charge in [-0.15, -0.1) is 0 Å². The lowest BCUT2D eigenvalue weighted by molar-refractivity contribution is 0.0760. The van der Waals surface area contributed by atoms with Crippen LogP contribution in [0.15, 0.2) is 22.7 Å². The van der Waals surface area contributed by atoms with E-state index in [0.29, 0.717) is 18.7 Å². The third-order valence-corrected chi connectivity index (χ3v) is 4.31. The second-order valence-corrected chi connectivity index (χ2v) is 5.91. The van der Waals surface area contributed by atoms with Crippen LogP contribution in [0.2, 0.25) is 0 Å². The van der Waals surface area contributed by atoms with Gasteiger partial charge in [-0.2, -0.15) is 0 Å². The standard InChI is InChI=1S/C15H21BrN2O3/c1-21-14-4-3-12(11-13(14)16)15(20)18-6-2-5-17(7-8-18)9-10-19/h3-4,11,19H,2,5-10H2,1H3. The minimum Gasteiger partial charge on any atom is -0.496 e. The minimum atomic E-state index is 0.0456. The number of nitrogens with zero attached hydrogens (tertiary/aromatic N) is 2. The van der Waals surface area contributed by atoms with Gasteiger partial charge >= 0.3 is 0 Å². The van der Waals surface area contributed by atoms with Gasteiger partial charge in [-0.3, -0.25) is 9.69 Å². The van der Waals surface area contributed by atoms with Gasteiger partial charge in [0.25, 0.3) is 5.91 Å². The van der Waals surface area contributed by atoms with Crippen molar-refractivity contribution in [3.63, 3.8) is 0 Å². The van der Waals surface area contributed by atoms with Gasteiger partial charge in [0, 0.05) is 31.7 Å². The second-order valence-electron chi connectivity index (χ2n) is 5.06. The van der Waals surface area contributed by atoms with Gasteiger partial charge < -0.3 is 14.7 Å². The van der Waals surface area contributed by atoms with Crippen LogP contribution in [0.25, 0.3) is 0 Å². The summed E-state index contributed by atoms with van der Waals surface area (Å²) in [5, 5.41) is 9.00. The molecule has 1 heterocycles. The van der Waals surface area contributed by atoms with Crippen LogP contribution >= 0.6 is 15.9 Å². The van der Waals surface area contributed by atoms with Gasteiger partial charge in [0.15, 0.2) is 0 Å². The first-order valence-corrected chi connectivity index (χ1v) is 7.91. The van der Waals surface area contributed by atoms with Crippen LogP contribution in [0.4, 0.5) is 0 Å². The van der Waals surface area contributed by atoms with Crippen LogP contribution in [-0.2, 0) is 0 Å². The molecule has 116 valence electrons. The molecular formula is C15H21BrN2O3. The molecular weight excluding hydrogens is 336 g/mol. The number of carbonyl (C=O) groups excluding carboxylic acids is 1. The van der Waals surface area contributed by atoms with Crippen molar-refractivity contribution < 1.29 is 14.6 Å². The van der Waals surface area contributed by atoms with Crippen LogP contribution in [-0.4, -0.2) is 67.3 Å². The van der Waals surface area contributed by atoms with Gasteiger partial charge in [-0.1, -0.05) is 0 Å². The molecule has 0 aliphatic carbocycles. The zero-order chi connectivity index (χ0) is 15.2. The third-order valence-electron chi connectivity index (χ3n) is 3.69. The molecule has 0 spiro atoms. The Balaban J connectivity index is 2.04. The van der Waals surface area contributed by atoms with Gasteiger partial charge in [-0.25, -0.2) is 0 Å². The zero-order valence-corrected chi connectivity index (χ0v) is 13.8. The topological polar surface area (TPSA) is 53.0 Å². The average Bonchev–Trinajstić information content (AvgIpc) is 2.72. The highest BCUT2D eigenvalue weighted by molar-refractivity contribution is 9.10. The molecule has 1 aliphatic heterocycles. The highest BCUT2D eigenvalue weighted by atomic mass is 79.9. The maximum Gasteiger partial charge on any atom is 0.253 e. The van der Waals surface area contributed by atoms with Crippen molar-refractivity contribution in [1.29, 1.82) is 0 Å². The molecule has 1 aromatic rings. The Labute approximate surface area is 133 Å². The Morgan fingerprint density at radius 2 is 2.14 bits per heavy atom. The summed E-state index contributed by atoms with van der Waals surface area (Å²) in [5.74, 6) is 0.765. The van der Waals surface area contributed by atoms with Crippen molar-refractivity contribution >= 4 is 21.8 Å². The van der Waals surface area contributed by atoms with Gasteiger partial charge in [0.05, 0.1) is 18.2 Å². The summed E-state index contributed by atoms with van der Waals surface area (Å²) in [6, 6.07) is 5.40. The number of β-amino-alcohol motifs (C(OH)–C–C–N with tert-alkyl or cyclic N) is 1. The van der Waals surface area contributed by atoms with E-state index >= 15 is 0 Å². The van der Waals surface area contributed by atoms with Crippen LogP contribution in [0.1, 0.15) is 16.8 Å². The summed E-state index contributed by atoms with van der Waals surface area (Å²) in [5.41, 5.74) is 0.665. The molecule has 0 radical (unpaired) electrons. The summed E-state index contributed by atoms with van der Waals surface area (Å²) < 4.78 is 5.97. The monoisotopic (exact) mass is 356 g/mol. The summed E-state index contributed by atoms with van der Waals surface area (Å²) in [4.78, 5) is 16.6. The van der Waals surface area contributed by atoms with Crippen molar-refractivity contribution in [3.05, 3.63) is 28.2 Å². The Morgan fingerprint density at radius 1 is 1.33 bits per heavy atom. The number of methoxy groups -OCH3 is 1. The lowest BCUT2D eigenvalue weighted by Gasteiger charge is -2.21. The van der Waals surface area contributed by atoms with E-state index in [1.165, 1.54) is 0 Å². The molecule has 0 aromatic heterocycles. The van der Waals surface area contributed by atoms with Crippen LogP contribution in [0.5, 0.6) is 5.75 Å². The number of benzene rings is 1. The first-order chi connectivity index (χ1) is 10.2. The molecule has 0 saturated carbocycles. The first kappa shape index (κ1) is 16.3. The summed E-state index contributed by atoms with van der Waals surface area (Å²) in [6.07, 6.45) is 0.934. The number of hydrogen-bond acceptors (Lipinski definition) is 4. The van der Waals surface area contributed by atoms with E-state index in [1.807, 2.05) is 4.90 Å². The SMILES string of the molecule is COc1ccc(C(=O)N2CCCN(CCO)CC2)cc1Br. The second kappa shape index (κ2) is 7.77. The van der Waals surface area contributed by atoms with Gasteiger partial charge in [0.2, 0.25) is 0 Å². The van der Waals surface area contributed by atoms with Crippen LogP contribution in [0.3, 0.4) is 0 Å². The molecule has 2 rings (SSSR count). The molecule has 0 unspecified atom stereocenters. The predicted molar refractivity (Wildman–Crippen MR) is 84.7 cm³/mol. The smallest absolute Gasteiger partial charge is 0.253 e. The fourth-order valence-electron chi connectivity index (χ4n) is 2.52. The largest absolute Gasteiger partial charge is 0.496 e. The molecule has 1 amide bonds. The number of aliphatic hydroxyl groups excluding tert-OH is 1. The molecule has 21 heavy (non-hydrogen) atoms. The Hall–Kier alpha value is -1.11. The van der Waals surface area contributed by atoms with Crippen molar-refractivity contribution in [2.75, 3.05) is 46.4 Å². The van der Waals surface area contributed by atoms with E-state index in [2.05, 4.69) is 20.8 Å². The Morgan fingerprint density at radius 3 is 2.81 bits per heavy atom. The normalized spacial score (nSPS) is 16.6. The van der Waals surface area contributed by atoms with Crippen molar-refractivity contribution in [1.82, 2.24) is 9.80 Å². The molecule has 1 aromatic carbocycles. The van der Waals surface area contributed by atoms with E-state index in [1.54, 1.807) is 25.3 Å². The van der Waals surface area contributed by atoms with Crippen molar-refractivity contribution in [2.45, 2.75) is 6.42 Å². The highest BCUT2D eigenvalue weighted by Crippen LogP contribution is 2.26. The maximum absolute atomic E-state index is 12.6. The Kier molecular flexibility index (Phi) is 6.02. The number of amides is 1. The fourth-order valence-corrected chi connectivity index (χ4v) is 3.06. The lowest BCUT2D eigenvalue weighted by Crippen LogP contribution is -2.35. The summed E-state index contributed by atoms with van der Waals surface area (Å²) in [6.45, 7) is 4.03. The molecule has 0 atom stereocenters. The fraction of sp³-hybridized carbons (Fsp3) is 0.533. The maximum atomic E-state index is 12.6. The third kappa shape index (κ3) is 4.18. The van der Waals surface area contributed by atoms with Crippen LogP contribution < -0.4 is 4.74 Å². The van der Waals surface area contributed by atoms with Crippen LogP contribution in [0, 0.1) is 0 Å². The summed E-state index contributed by atoms with van der Waals surface area (Å²) in [7, 11) is 1.60. The van der Waals surface area contributed by atoms with Crippen molar-refractivity contribution in [2.24, 2.45) is 0 Å². The number of carbonyl (C=O) groups is 1. The number of aliphatic hydroxyl groups is 1. The molecule has 1 aliphatic rings. The average molecular weight is 357 g/mol.